The number of methoxy groups -OCH3 is 1. The molecule has 3 aromatic carbocycles. The number of benzene rings is 3. The van der Waals surface area contributed by atoms with E-state index in [-0.39, 0.29) is 6.54 Å². The number of rotatable bonds is 9. The lowest BCUT2D eigenvalue weighted by atomic mass is 10.1. The van der Waals surface area contributed by atoms with Gasteiger partial charge in [0.2, 0.25) is 5.95 Å². The van der Waals surface area contributed by atoms with Gasteiger partial charge in [-0.2, -0.15) is 4.98 Å². The van der Waals surface area contributed by atoms with Gasteiger partial charge in [-0.25, -0.2) is 13.4 Å². The summed E-state index contributed by atoms with van der Waals surface area (Å²) in [6.45, 7) is 7.79. The molecule has 208 valence electrons. The SMILES string of the molecule is COc1ccc(CN(c2ccc(Nc3ccnc(N4CCCC4)n3)cc2)S(=O)(=O)c2c(C)cc(C)cc2C)cc1. The van der Waals surface area contributed by atoms with Gasteiger partial charge < -0.3 is 15.0 Å². The highest BCUT2D eigenvalue weighted by molar-refractivity contribution is 7.92. The smallest absolute Gasteiger partial charge is 0.265 e. The standard InChI is InChI=1S/C31H35N5O3S/c1-22-19-23(2)30(24(3)20-22)40(37,38)36(21-25-7-13-28(39-4)14-8-25)27-11-9-26(10-12-27)33-29-15-16-32-31(34-29)35-17-5-6-18-35/h7-16,19-20H,5-6,17-18,21H2,1-4H3,(H,32,33,34). The minimum Gasteiger partial charge on any atom is -0.497 e. The largest absolute Gasteiger partial charge is 0.497 e. The summed E-state index contributed by atoms with van der Waals surface area (Å²) < 4.78 is 35.2. The zero-order valence-corrected chi connectivity index (χ0v) is 24.2. The molecule has 1 aliphatic heterocycles. The molecular formula is C31H35N5O3S. The molecule has 1 N–H and O–H groups in total. The highest BCUT2D eigenvalue weighted by Gasteiger charge is 2.29. The van der Waals surface area contributed by atoms with Crippen LogP contribution in [0, 0.1) is 20.8 Å². The van der Waals surface area contributed by atoms with Crippen LogP contribution in [0.1, 0.15) is 35.1 Å². The second-order valence-corrected chi connectivity index (χ2v) is 12.0. The molecule has 9 heteroatoms. The van der Waals surface area contributed by atoms with Crippen LogP contribution in [0.4, 0.5) is 23.1 Å². The minimum absolute atomic E-state index is 0.178. The molecule has 1 aromatic heterocycles. The number of nitrogens with zero attached hydrogens (tertiary/aromatic N) is 4. The molecule has 0 saturated carbocycles. The summed E-state index contributed by atoms with van der Waals surface area (Å²) >= 11 is 0. The molecule has 8 nitrogen and oxygen atoms in total. The lowest BCUT2D eigenvalue weighted by molar-refractivity contribution is 0.414. The predicted octanol–water partition coefficient (Wildman–Crippen LogP) is 6.15. The molecule has 0 unspecified atom stereocenters. The van der Waals surface area contributed by atoms with Gasteiger partial charge in [0, 0.05) is 25.0 Å². The van der Waals surface area contributed by atoms with Crippen molar-refractivity contribution in [2.45, 2.75) is 45.1 Å². The van der Waals surface area contributed by atoms with E-state index in [2.05, 4.69) is 20.2 Å². The number of aryl methyl sites for hydroxylation is 3. The van der Waals surface area contributed by atoms with E-state index in [0.717, 1.165) is 65.6 Å². The monoisotopic (exact) mass is 557 g/mol. The fraction of sp³-hybridized carbons (Fsp3) is 0.290. The number of anilines is 4. The van der Waals surface area contributed by atoms with Crippen LogP contribution >= 0.6 is 0 Å². The van der Waals surface area contributed by atoms with Gasteiger partial charge in [-0.05, 0) is 92.8 Å². The van der Waals surface area contributed by atoms with Crippen molar-refractivity contribution >= 4 is 33.2 Å². The molecule has 40 heavy (non-hydrogen) atoms. The molecule has 0 aliphatic carbocycles. The van der Waals surface area contributed by atoms with Crippen molar-refractivity contribution in [1.29, 1.82) is 0 Å². The van der Waals surface area contributed by atoms with Gasteiger partial charge in [-0.3, -0.25) is 4.31 Å². The molecule has 5 rings (SSSR count). The quantitative estimate of drug-likeness (QED) is 0.264. The van der Waals surface area contributed by atoms with Gasteiger partial charge in [0.15, 0.2) is 0 Å². The predicted molar refractivity (Wildman–Crippen MR) is 160 cm³/mol. The Hall–Kier alpha value is -4.11. The van der Waals surface area contributed by atoms with Crippen molar-refractivity contribution in [2.75, 3.05) is 34.7 Å². The van der Waals surface area contributed by atoms with Gasteiger partial charge in [0.05, 0.1) is 24.2 Å². The second kappa shape index (κ2) is 11.6. The fourth-order valence-corrected chi connectivity index (χ4v) is 7.11. The van der Waals surface area contributed by atoms with Crippen LogP contribution in [0.3, 0.4) is 0 Å². The number of hydrogen-bond donors (Lipinski definition) is 1. The van der Waals surface area contributed by atoms with E-state index in [0.29, 0.717) is 16.4 Å². The van der Waals surface area contributed by atoms with Crippen LogP contribution in [-0.4, -0.2) is 38.6 Å². The zero-order valence-electron chi connectivity index (χ0n) is 23.4. The third-order valence-electron chi connectivity index (χ3n) is 7.10. The van der Waals surface area contributed by atoms with Crippen LogP contribution in [0.25, 0.3) is 0 Å². The second-order valence-electron chi connectivity index (χ2n) is 10.2. The Labute approximate surface area is 236 Å². The molecule has 0 amide bonds. The summed E-state index contributed by atoms with van der Waals surface area (Å²) in [6, 6.07) is 20.5. The van der Waals surface area contributed by atoms with Crippen molar-refractivity contribution < 1.29 is 13.2 Å². The van der Waals surface area contributed by atoms with Crippen molar-refractivity contribution in [1.82, 2.24) is 9.97 Å². The normalized spacial score (nSPS) is 13.3. The van der Waals surface area contributed by atoms with Gasteiger partial charge >= 0.3 is 0 Å². The molecule has 0 spiro atoms. The first kappa shape index (κ1) is 27.5. The third kappa shape index (κ3) is 5.89. The van der Waals surface area contributed by atoms with E-state index in [1.807, 2.05) is 87.5 Å². The van der Waals surface area contributed by atoms with Gasteiger partial charge in [0.25, 0.3) is 10.0 Å². The molecule has 1 aliphatic rings. The first-order chi connectivity index (χ1) is 19.2. The molecular weight excluding hydrogens is 522 g/mol. The average Bonchev–Trinajstić information content (AvgIpc) is 3.47. The summed E-state index contributed by atoms with van der Waals surface area (Å²) in [5.74, 6) is 2.13. The minimum atomic E-state index is -3.88. The molecule has 0 radical (unpaired) electrons. The van der Waals surface area contributed by atoms with Crippen molar-refractivity contribution in [2.24, 2.45) is 0 Å². The summed E-state index contributed by atoms with van der Waals surface area (Å²) in [7, 11) is -2.27. The zero-order chi connectivity index (χ0) is 28.3. The molecule has 4 aromatic rings. The van der Waals surface area contributed by atoms with Gasteiger partial charge in [-0.15, -0.1) is 0 Å². The molecule has 1 saturated heterocycles. The van der Waals surface area contributed by atoms with Gasteiger partial charge in [-0.1, -0.05) is 29.8 Å². The Balaban J connectivity index is 1.46. The molecule has 0 bridgehead atoms. The Bertz CT molecular complexity index is 1560. The Morgan fingerprint density at radius 1 is 0.925 bits per heavy atom. The van der Waals surface area contributed by atoms with E-state index < -0.39 is 10.0 Å². The molecule has 1 fully saturated rings. The van der Waals surface area contributed by atoms with Crippen LogP contribution in [-0.2, 0) is 16.6 Å². The lowest BCUT2D eigenvalue weighted by Crippen LogP contribution is -2.31. The first-order valence-electron chi connectivity index (χ1n) is 13.4. The van der Waals surface area contributed by atoms with E-state index in [9.17, 15) is 8.42 Å². The Morgan fingerprint density at radius 3 is 2.20 bits per heavy atom. The number of sulfonamides is 1. The van der Waals surface area contributed by atoms with Crippen LogP contribution in [0.15, 0.2) is 77.8 Å². The van der Waals surface area contributed by atoms with Crippen molar-refractivity contribution in [3.63, 3.8) is 0 Å². The van der Waals surface area contributed by atoms with Crippen molar-refractivity contribution in [3.05, 3.63) is 95.2 Å². The average molecular weight is 558 g/mol. The van der Waals surface area contributed by atoms with Gasteiger partial charge in [0.1, 0.15) is 11.6 Å². The number of hydrogen-bond acceptors (Lipinski definition) is 7. The summed E-state index contributed by atoms with van der Waals surface area (Å²) in [5, 5.41) is 3.33. The fourth-order valence-electron chi connectivity index (χ4n) is 5.24. The maximum atomic E-state index is 14.2. The summed E-state index contributed by atoms with van der Waals surface area (Å²) in [4.78, 5) is 11.6. The third-order valence-corrected chi connectivity index (χ3v) is 9.18. The number of ether oxygens (including phenoxy) is 1. The van der Waals surface area contributed by atoms with E-state index in [1.165, 1.54) is 4.31 Å². The number of aromatic nitrogens is 2. The maximum Gasteiger partial charge on any atom is 0.265 e. The highest BCUT2D eigenvalue weighted by Crippen LogP contribution is 2.32. The van der Waals surface area contributed by atoms with Crippen LogP contribution < -0.4 is 19.3 Å². The Morgan fingerprint density at radius 2 is 1.57 bits per heavy atom. The van der Waals surface area contributed by atoms with Crippen molar-refractivity contribution in [3.8, 4) is 5.75 Å². The lowest BCUT2D eigenvalue weighted by Gasteiger charge is -2.27. The highest BCUT2D eigenvalue weighted by atomic mass is 32.2. The van der Waals surface area contributed by atoms with Crippen LogP contribution in [0.5, 0.6) is 5.75 Å². The summed E-state index contributed by atoms with van der Waals surface area (Å²) in [5.41, 5.74) is 4.72. The van der Waals surface area contributed by atoms with Crippen LogP contribution in [0.2, 0.25) is 0 Å². The summed E-state index contributed by atoms with van der Waals surface area (Å²) in [6.07, 6.45) is 4.06. The van der Waals surface area contributed by atoms with E-state index in [1.54, 1.807) is 13.3 Å². The van der Waals surface area contributed by atoms with E-state index >= 15 is 0 Å². The number of nitrogens with one attached hydrogen (secondary N) is 1. The maximum absolute atomic E-state index is 14.2. The first-order valence-corrected chi connectivity index (χ1v) is 14.9. The Kier molecular flexibility index (Phi) is 7.93. The van der Waals surface area contributed by atoms with E-state index in [4.69, 9.17) is 4.74 Å². The topological polar surface area (TPSA) is 87.7 Å². The molecule has 0 atom stereocenters. The molecule has 2 heterocycles.